The van der Waals surface area contributed by atoms with Gasteiger partial charge in [0.15, 0.2) is 0 Å². The van der Waals surface area contributed by atoms with Crippen LogP contribution in [0.4, 0.5) is 11.4 Å². The third kappa shape index (κ3) is 2.82. The predicted molar refractivity (Wildman–Crippen MR) is 69.5 cm³/mol. The summed E-state index contributed by atoms with van der Waals surface area (Å²) in [7, 11) is 0. The molecule has 2 N–H and O–H groups in total. The quantitative estimate of drug-likeness (QED) is 0.662. The molecule has 8 heteroatoms. The molecule has 1 rings (SSSR count). The molecule has 98 valence electrons. The third-order valence-corrected chi connectivity index (χ3v) is 3.56. The first-order valence-corrected chi connectivity index (χ1v) is 6.03. The lowest BCUT2D eigenvalue weighted by Crippen LogP contribution is -2.13. The maximum absolute atomic E-state index is 10.9. The van der Waals surface area contributed by atoms with Crippen molar-refractivity contribution in [3.8, 4) is 0 Å². The smallest absolute Gasteiger partial charge is 0.290 e. The molecule has 0 heterocycles. The number of hydrogen-bond donors (Lipinski definition) is 1. The summed E-state index contributed by atoms with van der Waals surface area (Å²) in [5.41, 5.74) is 5.46. The van der Waals surface area contributed by atoms with Crippen molar-refractivity contribution in [1.29, 1.82) is 0 Å². The predicted octanol–water partition coefficient (Wildman–Crippen LogP) is 2.72. The van der Waals surface area contributed by atoms with Crippen LogP contribution in [0.5, 0.6) is 0 Å². The van der Waals surface area contributed by atoms with Gasteiger partial charge in [0, 0.05) is 6.07 Å². The Morgan fingerprint density at radius 2 is 1.94 bits per heavy atom. The Hall–Kier alpha value is -1.54. The second kappa shape index (κ2) is 5.87. The van der Waals surface area contributed by atoms with E-state index >= 15 is 0 Å². The molecule has 0 radical (unpaired) electrons. The molecule has 1 atom stereocenters. The first-order chi connectivity index (χ1) is 8.42. The van der Waals surface area contributed by atoms with Crippen molar-refractivity contribution in [2.45, 2.75) is 19.3 Å². The van der Waals surface area contributed by atoms with Gasteiger partial charge in [-0.3, -0.25) is 20.2 Å². The van der Waals surface area contributed by atoms with Gasteiger partial charge >= 0.3 is 0 Å². The van der Waals surface area contributed by atoms with Crippen molar-refractivity contribution in [2.75, 3.05) is 6.54 Å². The zero-order valence-corrected chi connectivity index (χ0v) is 11.2. The van der Waals surface area contributed by atoms with Gasteiger partial charge < -0.3 is 5.73 Å². The van der Waals surface area contributed by atoms with Gasteiger partial charge in [0.2, 0.25) is 0 Å². The summed E-state index contributed by atoms with van der Waals surface area (Å²) in [5, 5.41) is 21.6. The van der Waals surface area contributed by atoms with Crippen molar-refractivity contribution >= 4 is 27.3 Å². The number of nitrogens with two attached hydrogens (primary N) is 1. The van der Waals surface area contributed by atoms with E-state index in [-0.39, 0.29) is 28.3 Å². The average Bonchev–Trinajstić information content (AvgIpc) is 2.31. The highest BCUT2D eigenvalue weighted by Gasteiger charge is 2.25. The molecule has 0 spiro atoms. The van der Waals surface area contributed by atoms with Crippen LogP contribution in [0.15, 0.2) is 16.6 Å². The van der Waals surface area contributed by atoms with Crippen molar-refractivity contribution in [3.63, 3.8) is 0 Å². The number of halogens is 1. The molecule has 18 heavy (non-hydrogen) atoms. The fourth-order valence-electron chi connectivity index (χ4n) is 1.66. The molecule has 0 saturated carbocycles. The molecule has 0 fully saturated rings. The average molecular weight is 318 g/mol. The highest BCUT2D eigenvalue weighted by Crippen LogP contribution is 2.37. The van der Waals surface area contributed by atoms with Crippen LogP contribution in [0.2, 0.25) is 0 Å². The van der Waals surface area contributed by atoms with E-state index in [1.165, 1.54) is 6.07 Å². The normalized spacial score (nSPS) is 12.2. The van der Waals surface area contributed by atoms with Crippen LogP contribution in [0.3, 0.4) is 0 Å². The van der Waals surface area contributed by atoms with E-state index in [0.717, 1.165) is 6.07 Å². The Kier molecular flexibility index (Phi) is 4.74. The Morgan fingerprint density at radius 1 is 1.33 bits per heavy atom. The molecule has 0 aliphatic heterocycles. The summed E-state index contributed by atoms with van der Waals surface area (Å²) in [6, 6.07) is 2.27. The van der Waals surface area contributed by atoms with Gasteiger partial charge in [-0.15, -0.1) is 0 Å². The van der Waals surface area contributed by atoms with Crippen LogP contribution in [0, 0.1) is 20.2 Å². The Bertz CT molecular complexity index is 488. The number of non-ortho nitro benzene ring substituents is 1. The van der Waals surface area contributed by atoms with E-state index in [2.05, 4.69) is 15.9 Å². The van der Waals surface area contributed by atoms with Crippen LogP contribution in [0.25, 0.3) is 0 Å². The minimum atomic E-state index is -0.649. The Balaban J connectivity index is 3.49. The standard InChI is InChI=1S/C10H12BrN3O4/c1-2-6(5-12)8-3-7(13(15)16)4-9(10(8)11)14(17)18/h3-4,6H,2,5,12H2,1H3. The number of nitro groups is 2. The Morgan fingerprint density at radius 3 is 2.33 bits per heavy atom. The van der Waals surface area contributed by atoms with Crippen LogP contribution < -0.4 is 5.73 Å². The molecule has 0 bridgehead atoms. The number of benzene rings is 1. The number of hydrogen-bond acceptors (Lipinski definition) is 5. The van der Waals surface area contributed by atoms with Gasteiger partial charge in [-0.25, -0.2) is 0 Å². The largest absolute Gasteiger partial charge is 0.330 e. The van der Waals surface area contributed by atoms with E-state index in [4.69, 9.17) is 5.73 Å². The van der Waals surface area contributed by atoms with Gasteiger partial charge in [-0.1, -0.05) is 6.92 Å². The van der Waals surface area contributed by atoms with Crippen LogP contribution in [-0.4, -0.2) is 16.4 Å². The number of nitro benzene ring substituents is 2. The first-order valence-electron chi connectivity index (χ1n) is 5.24. The van der Waals surface area contributed by atoms with Gasteiger partial charge in [0.25, 0.3) is 11.4 Å². The van der Waals surface area contributed by atoms with Gasteiger partial charge in [0.05, 0.1) is 20.4 Å². The van der Waals surface area contributed by atoms with E-state index < -0.39 is 9.85 Å². The summed E-state index contributed by atoms with van der Waals surface area (Å²) in [4.78, 5) is 20.3. The van der Waals surface area contributed by atoms with E-state index in [0.29, 0.717) is 12.0 Å². The fourth-order valence-corrected chi connectivity index (χ4v) is 2.36. The van der Waals surface area contributed by atoms with Gasteiger partial charge in [-0.2, -0.15) is 0 Å². The maximum Gasteiger partial charge on any atom is 0.290 e. The number of nitrogens with zero attached hydrogens (tertiary/aromatic N) is 2. The zero-order chi connectivity index (χ0) is 13.9. The van der Waals surface area contributed by atoms with Crippen molar-refractivity contribution < 1.29 is 9.85 Å². The number of rotatable bonds is 5. The van der Waals surface area contributed by atoms with Crippen molar-refractivity contribution in [3.05, 3.63) is 42.4 Å². The molecule has 0 aromatic heterocycles. The molecular weight excluding hydrogens is 306 g/mol. The van der Waals surface area contributed by atoms with Gasteiger partial charge in [-0.05, 0) is 40.4 Å². The minimum Gasteiger partial charge on any atom is -0.330 e. The highest BCUT2D eigenvalue weighted by molar-refractivity contribution is 9.10. The lowest BCUT2D eigenvalue weighted by Gasteiger charge is -2.14. The molecule has 0 saturated heterocycles. The third-order valence-electron chi connectivity index (χ3n) is 2.69. The lowest BCUT2D eigenvalue weighted by molar-refractivity contribution is -0.394. The molecule has 0 amide bonds. The molecule has 0 aliphatic carbocycles. The van der Waals surface area contributed by atoms with Crippen molar-refractivity contribution in [2.24, 2.45) is 5.73 Å². The molecule has 1 aromatic rings. The highest BCUT2D eigenvalue weighted by atomic mass is 79.9. The summed E-state index contributed by atoms with van der Waals surface area (Å²) >= 11 is 3.13. The summed E-state index contributed by atoms with van der Waals surface area (Å²) < 4.78 is 0.260. The zero-order valence-electron chi connectivity index (χ0n) is 9.63. The minimum absolute atomic E-state index is 0.155. The monoisotopic (exact) mass is 317 g/mol. The molecule has 7 nitrogen and oxygen atoms in total. The molecular formula is C10H12BrN3O4. The summed E-state index contributed by atoms with van der Waals surface area (Å²) in [6.07, 6.45) is 0.646. The van der Waals surface area contributed by atoms with E-state index in [1.807, 2.05) is 6.92 Å². The van der Waals surface area contributed by atoms with Gasteiger partial charge in [0.1, 0.15) is 0 Å². The molecule has 1 unspecified atom stereocenters. The topological polar surface area (TPSA) is 112 Å². The lowest BCUT2D eigenvalue weighted by atomic mass is 9.95. The molecule has 1 aromatic carbocycles. The Labute approximate surface area is 111 Å². The summed E-state index contributed by atoms with van der Waals surface area (Å²) in [5.74, 6) is -0.155. The molecule has 0 aliphatic rings. The summed E-state index contributed by atoms with van der Waals surface area (Å²) in [6.45, 7) is 2.14. The van der Waals surface area contributed by atoms with Crippen LogP contribution in [-0.2, 0) is 0 Å². The van der Waals surface area contributed by atoms with E-state index in [1.54, 1.807) is 0 Å². The van der Waals surface area contributed by atoms with Crippen LogP contribution >= 0.6 is 15.9 Å². The maximum atomic E-state index is 10.9. The second-order valence-electron chi connectivity index (χ2n) is 3.72. The second-order valence-corrected chi connectivity index (χ2v) is 4.52. The fraction of sp³-hybridized carbons (Fsp3) is 0.400. The van der Waals surface area contributed by atoms with E-state index in [9.17, 15) is 20.2 Å². The SMILES string of the molecule is CCC(CN)c1cc([N+](=O)[O-])cc([N+](=O)[O-])c1Br. The van der Waals surface area contributed by atoms with Crippen molar-refractivity contribution in [1.82, 2.24) is 0 Å². The van der Waals surface area contributed by atoms with Crippen LogP contribution in [0.1, 0.15) is 24.8 Å². The first kappa shape index (κ1) is 14.5.